The number of anilines is 1. The number of carbonyl (C=O) groups is 3. The Labute approximate surface area is 201 Å². The van der Waals surface area contributed by atoms with Crippen LogP contribution in [0.15, 0.2) is 48.8 Å². The summed E-state index contributed by atoms with van der Waals surface area (Å²) in [7, 11) is 1.49. The summed E-state index contributed by atoms with van der Waals surface area (Å²) in [6.45, 7) is 3.24. The zero-order valence-electron chi connectivity index (χ0n) is 19.1. The molecule has 8 nitrogen and oxygen atoms in total. The zero-order valence-corrected chi connectivity index (χ0v) is 19.8. The van der Waals surface area contributed by atoms with E-state index in [1.165, 1.54) is 11.9 Å². The first-order chi connectivity index (χ1) is 16.1. The van der Waals surface area contributed by atoms with Crippen molar-refractivity contribution >= 4 is 45.8 Å². The lowest BCUT2D eigenvalue weighted by atomic mass is 9.88. The van der Waals surface area contributed by atoms with Gasteiger partial charge in [0.25, 0.3) is 5.91 Å². The second-order valence-electron chi connectivity index (χ2n) is 8.81. The Morgan fingerprint density at radius 2 is 1.97 bits per heavy atom. The summed E-state index contributed by atoms with van der Waals surface area (Å²) in [6.07, 6.45) is 3.22. The standard InChI is InChI=1S/C25H25ClN4O4/c1-25(2,34)15-5-4-14-10-28-11-21(18(14)8-15)29-23(32)20-12-30(13-22(31)27-3)24(33)17-7-6-16(26)9-19(17)20/h4-11,20,34H,12-13H2,1-3H3,(H,27,31)(H,29,32). The fourth-order valence-electron chi connectivity index (χ4n) is 4.07. The van der Waals surface area contributed by atoms with Gasteiger partial charge in [0.15, 0.2) is 0 Å². The van der Waals surface area contributed by atoms with Crippen molar-refractivity contribution in [2.24, 2.45) is 0 Å². The Morgan fingerprint density at radius 3 is 2.68 bits per heavy atom. The molecule has 3 aromatic rings. The van der Waals surface area contributed by atoms with Crippen molar-refractivity contribution in [1.29, 1.82) is 0 Å². The van der Waals surface area contributed by atoms with E-state index in [9.17, 15) is 19.5 Å². The molecule has 0 radical (unpaired) electrons. The minimum atomic E-state index is -1.06. The predicted octanol–water partition coefficient (Wildman–Crippen LogP) is 3.04. The van der Waals surface area contributed by atoms with E-state index in [4.69, 9.17) is 11.6 Å². The monoisotopic (exact) mass is 480 g/mol. The molecule has 1 aromatic heterocycles. The number of carbonyl (C=O) groups excluding carboxylic acids is 3. The molecule has 2 aromatic carbocycles. The van der Waals surface area contributed by atoms with Crippen molar-refractivity contribution in [3.05, 3.63) is 70.5 Å². The Balaban J connectivity index is 1.72. The van der Waals surface area contributed by atoms with Gasteiger partial charge in [-0.1, -0.05) is 23.7 Å². The smallest absolute Gasteiger partial charge is 0.254 e. The first-order valence-corrected chi connectivity index (χ1v) is 11.2. The molecule has 1 aliphatic rings. The third kappa shape index (κ3) is 4.60. The first-order valence-electron chi connectivity index (χ1n) is 10.8. The van der Waals surface area contributed by atoms with Crippen molar-refractivity contribution in [1.82, 2.24) is 15.2 Å². The molecule has 3 N–H and O–H groups in total. The molecular weight excluding hydrogens is 456 g/mol. The highest BCUT2D eigenvalue weighted by atomic mass is 35.5. The summed E-state index contributed by atoms with van der Waals surface area (Å²) in [4.78, 5) is 44.0. The number of nitrogens with one attached hydrogen (secondary N) is 2. The van der Waals surface area contributed by atoms with Crippen LogP contribution in [0.5, 0.6) is 0 Å². The van der Waals surface area contributed by atoms with E-state index in [0.29, 0.717) is 27.4 Å². The van der Waals surface area contributed by atoms with E-state index in [-0.39, 0.29) is 30.8 Å². The molecule has 9 heteroatoms. The Hall–Kier alpha value is -3.49. The maximum Gasteiger partial charge on any atom is 0.254 e. The molecule has 0 saturated carbocycles. The second kappa shape index (κ2) is 9.04. The number of hydrogen-bond acceptors (Lipinski definition) is 5. The Bertz CT molecular complexity index is 1300. The SMILES string of the molecule is CNC(=O)CN1CC(C(=O)Nc2cncc3ccc(C(C)(C)O)cc23)c2cc(Cl)ccc2C1=O. The van der Waals surface area contributed by atoms with Crippen LogP contribution in [0.1, 0.15) is 41.3 Å². The van der Waals surface area contributed by atoms with Crippen LogP contribution in [0.25, 0.3) is 10.8 Å². The number of benzene rings is 2. The largest absolute Gasteiger partial charge is 0.386 e. The average Bonchev–Trinajstić information content (AvgIpc) is 2.79. The fraction of sp³-hybridized carbons (Fsp3) is 0.280. The summed E-state index contributed by atoms with van der Waals surface area (Å²) < 4.78 is 0. The van der Waals surface area contributed by atoms with Crippen molar-refractivity contribution in [3.8, 4) is 0 Å². The number of nitrogens with zero attached hydrogens (tertiary/aromatic N) is 2. The molecule has 34 heavy (non-hydrogen) atoms. The number of likely N-dealkylation sites (N-methyl/N-ethyl adjacent to an activating group) is 1. The van der Waals surface area contributed by atoms with Crippen molar-refractivity contribution in [2.75, 3.05) is 25.5 Å². The number of halogens is 1. The lowest BCUT2D eigenvalue weighted by Crippen LogP contribution is -2.47. The molecule has 2 heterocycles. The van der Waals surface area contributed by atoms with Crippen molar-refractivity contribution < 1.29 is 19.5 Å². The third-order valence-electron chi connectivity index (χ3n) is 5.96. The number of fused-ring (bicyclic) bond motifs is 2. The van der Waals surface area contributed by atoms with Crippen LogP contribution >= 0.6 is 11.6 Å². The third-order valence-corrected chi connectivity index (χ3v) is 6.20. The quantitative estimate of drug-likeness (QED) is 0.519. The molecule has 3 amide bonds. The first kappa shape index (κ1) is 23.7. The molecule has 0 fully saturated rings. The molecule has 176 valence electrons. The van der Waals surface area contributed by atoms with Gasteiger partial charge in [0, 0.05) is 41.1 Å². The van der Waals surface area contributed by atoms with E-state index in [1.807, 2.05) is 18.2 Å². The summed E-state index contributed by atoms with van der Waals surface area (Å²) in [5, 5.41) is 17.8. The van der Waals surface area contributed by atoms with E-state index >= 15 is 0 Å². The minimum Gasteiger partial charge on any atom is -0.386 e. The lowest BCUT2D eigenvalue weighted by molar-refractivity contribution is -0.122. The number of pyridine rings is 1. The van der Waals surface area contributed by atoms with E-state index in [1.54, 1.807) is 44.4 Å². The van der Waals surface area contributed by atoms with Crippen LogP contribution in [0.3, 0.4) is 0 Å². The van der Waals surface area contributed by atoms with E-state index < -0.39 is 11.5 Å². The number of hydrogen-bond donors (Lipinski definition) is 3. The predicted molar refractivity (Wildman–Crippen MR) is 130 cm³/mol. The highest BCUT2D eigenvalue weighted by molar-refractivity contribution is 6.30. The summed E-state index contributed by atoms with van der Waals surface area (Å²) in [5.41, 5.74) is 0.956. The number of amides is 3. The van der Waals surface area contributed by atoms with Gasteiger partial charge in [-0.25, -0.2) is 0 Å². The highest BCUT2D eigenvalue weighted by Gasteiger charge is 2.36. The number of rotatable bonds is 5. The summed E-state index contributed by atoms with van der Waals surface area (Å²) in [6, 6.07) is 10.3. The van der Waals surface area contributed by atoms with Gasteiger partial charge in [0.1, 0.15) is 0 Å². The fourth-order valence-corrected chi connectivity index (χ4v) is 4.25. The van der Waals surface area contributed by atoms with Gasteiger partial charge in [0.05, 0.1) is 29.9 Å². The molecule has 0 spiro atoms. The van der Waals surface area contributed by atoms with E-state index in [0.717, 1.165) is 10.8 Å². The van der Waals surface area contributed by atoms with Gasteiger partial charge >= 0.3 is 0 Å². The maximum atomic E-state index is 13.5. The van der Waals surface area contributed by atoms with Gasteiger partial charge in [-0.3, -0.25) is 19.4 Å². The van der Waals surface area contributed by atoms with Crippen LogP contribution < -0.4 is 10.6 Å². The molecule has 0 bridgehead atoms. The van der Waals surface area contributed by atoms with Gasteiger partial charge < -0.3 is 20.6 Å². The molecule has 1 atom stereocenters. The van der Waals surface area contributed by atoms with E-state index in [2.05, 4.69) is 15.6 Å². The minimum absolute atomic E-state index is 0.0263. The zero-order chi connectivity index (χ0) is 24.6. The van der Waals surface area contributed by atoms with Crippen LogP contribution in [0.4, 0.5) is 5.69 Å². The highest BCUT2D eigenvalue weighted by Crippen LogP contribution is 2.33. The van der Waals surface area contributed by atoms with Gasteiger partial charge in [-0.15, -0.1) is 0 Å². The topological polar surface area (TPSA) is 112 Å². The molecule has 0 saturated heterocycles. The second-order valence-corrected chi connectivity index (χ2v) is 9.25. The molecule has 0 aliphatic carbocycles. The lowest BCUT2D eigenvalue weighted by Gasteiger charge is -2.33. The average molecular weight is 481 g/mol. The summed E-state index contributed by atoms with van der Waals surface area (Å²) >= 11 is 6.18. The maximum absolute atomic E-state index is 13.5. The molecule has 1 unspecified atom stereocenters. The van der Waals surface area contributed by atoms with Crippen molar-refractivity contribution in [2.45, 2.75) is 25.4 Å². The summed E-state index contributed by atoms with van der Waals surface area (Å²) in [5.74, 6) is -1.77. The van der Waals surface area contributed by atoms with Gasteiger partial charge in [-0.2, -0.15) is 0 Å². The van der Waals surface area contributed by atoms with Gasteiger partial charge in [0.2, 0.25) is 11.8 Å². The number of aliphatic hydroxyl groups is 1. The molecular formula is C25H25ClN4O4. The number of aromatic nitrogens is 1. The Morgan fingerprint density at radius 1 is 1.21 bits per heavy atom. The van der Waals surface area contributed by atoms with Crippen molar-refractivity contribution in [3.63, 3.8) is 0 Å². The normalized spacial score (nSPS) is 15.7. The van der Waals surface area contributed by atoms with Gasteiger partial charge in [-0.05, 0) is 49.2 Å². The Kier molecular flexibility index (Phi) is 6.29. The molecule has 4 rings (SSSR count). The van der Waals surface area contributed by atoms with Crippen LogP contribution in [0, 0.1) is 0 Å². The van der Waals surface area contributed by atoms with Crippen LogP contribution in [0.2, 0.25) is 5.02 Å². The van der Waals surface area contributed by atoms with Crippen LogP contribution in [-0.4, -0.2) is 52.8 Å². The molecule has 1 aliphatic heterocycles. The van der Waals surface area contributed by atoms with Crippen LogP contribution in [-0.2, 0) is 15.2 Å².